The Balaban J connectivity index is 2.25. The molecule has 0 unspecified atom stereocenters. The summed E-state index contributed by atoms with van der Waals surface area (Å²) in [6.07, 6.45) is -4.81. The molecule has 1 aromatic rings. The van der Waals surface area contributed by atoms with E-state index in [4.69, 9.17) is 0 Å². The van der Waals surface area contributed by atoms with E-state index in [1.165, 1.54) is 6.92 Å². The summed E-state index contributed by atoms with van der Waals surface area (Å²) in [5.41, 5.74) is 0.290. The van der Waals surface area contributed by atoms with Crippen molar-refractivity contribution in [2.45, 2.75) is 13.3 Å². The topological polar surface area (TPSA) is 46.6 Å². The van der Waals surface area contributed by atoms with Gasteiger partial charge in [0, 0.05) is 0 Å². The Bertz CT molecular complexity index is 583. The van der Waals surface area contributed by atoms with E-state index in [9.17, 15) is 27.2 Å². The molecule has 0 radical (unpaired) electrons. The molecular weight excluding hydrogens is 282 g/mol. The highest BCUT2D eigenvalue weighted by atomic mass is 19.4. The molecule has 4 nitrogen and oxygen atoms in total. The number of amides is 1. The van der Waals surface area contributed by atoms with Crippen LogP contribution in [-0.2, 0) is 9.53 Å². The van der Waals surface area contributed by atoms with E-state index < -0.39 is 37.0 Å². The van der Waals surface area contributed by atoms with Crippen LogP contribution in [0.25, 0.3) is 0 Å². The summed E-state index contributed by atoms with van der Waals surface area (Å²) in [4.78, 5) is 24.2. The molecule has 0 atom stereocenters. The number of ether oxygens (including phenoxy) is 1. The zero-order valence-electron chi connectivity index (χ0n) is 10.3. The number of nitrogens with zero attached hydrogens (tertiary/aromatic N) is 1. The van der Waals surface area contributed by atoms with E-state index in [1.54, 1.807) is 0 Å². The number of anilines is 1. The standard InChI is InChI=1S/C12H9F4NO3/c1-6-4-7(13)5-8-9(6)17(11(19)10(8)18)2-3-20-12(14,15)16/h4-5H,2-3H2,1H3. The number of ketones is 1. The normalized spacial score (nSPS) is 14.9. The van der Waals surface area contributed by atoms with Gasteiger partial charge in [0.15, 0.2) is 0 Å². The first-order valence-corrected chi connectivity index (χ1v) is 5.58. The molecule has 1 heterocycles. The fourth-order valence-electron chi connectivity index (χ4n) is 2.07. The molecule has 1 aliphatic rings. The average Bonchev–Trinajstić information content (AvgIpc) is 2.53. The summed E-state index contributed by atoms with van der Waals surface area (Å²) in [5, 5.41) is 0. The number of carbonyl (C=O) groups excluding carboxylic acids is 2. The van der Waals surface area contributed by atoms with E-state index in [2.05, 4.69) is 4.74 Å². The third-order valence-corrected chi connectivity index (χ3v) is 2.80. The summed E-state index contributed by atoms with van der Waals surface area (Å²) in [7, 11) is 0. The van der Waals surface area contributed by atoms with Crippen LogP contribution in [0.3, 0.4) is 0 Å². The molecule has 1 aliphatic heterocycles. The molecule has 1 amide bonds. The number of aryl methyl sites for hydroxylation is 1. The van der Waals surface area contributed by atoms with Crippen LogP contribution in [0.5, 0.6) is 0 Å². The van der Waals surface area contributed by atoms with Crippen LogP contribution in [0.1, 0.15) is 15.9 Å². The van der Waals surface area contributed by atoms with Gasteiger partial charge in [0.25, 0.3) is 11.7 Å². The third kappa shape index (κ3) is 2.64. The molecule has 8 heteroatoms. The van der Waals surface area contributed by atoms with Crippen molar-refractivity contribution in [1.82, 2.24) is 0 Å². The van der Waals surface area contributed by atoms with Gasteiger partial charge >= 0.3 is 6.36 Å². The molecule has 0 bridgehead atoms. The van der Waals surface area contributed by atoms with Crippen molar-refractivity contribution >= 4 is 17.4 Å². The molecule has 0 N–H and O–H groups in total. The SMILES string of the molecule is Cc1cc(F)cc2c1N(CCOC(F)(F)F)C(=O)C2=O. The number of Topliss-reactive ketones (excluding diaryl/α,β-unsaturated/α-hetero) is 1. The van der Waals surface area contributed by atoms with Gasteiger partial charge in [-0.05, 0) is 24.6 Å². The molecule has 0 saturated carbocycles. The summed E-state index contributed by atoms with van der Waals surface area (Å²) in [6.45, 7) is 0.216. The first kappa shape index (κ1) is 14.4. The number of halogens is 4. The van der Waals surface area contributed by atoms with Gasteiger partial charge in [-0.25, -0.2) is 4.39 Å². The number of benzene rings is 1. The van der Waals surface area contributed by atoms with E-state index in [1.807, 2.05) is 0 Å². The van der Waals surface area contributed by atoms with Crippen LogP contribution in [0.4, 0.5) is 23.2 Å². The van der Waals surface area contributed by atoms with Crippen molar-refractivity contribution < 1.29 is 31.9 Å². The molecule has 2 rings (SSSR count). The molecular formula is C12H9F4NO3. The first-order valence-electron chi connectivity index (χ1n) is 5.58. The van der Waals surface area contributed by atoms with Crippen molar-refractivity contribution in [3.63, 3.8) is 0 Å². The van der Waals surface area contributed by atoms with Gasteiger partial charge in [-0.15, -0.1) is 13.2 Å². The number of alkyl halides is 3. The van der Waals surface area contributed by atoms with Crippen LogP contribution < -0.4 is 4.90 Å². The van der Waals surface area contributed by atoms with Gasteiger partial charge in [0.05, 0.1) is 24.4 Å². The Hall–Kier alpha value is -1.96. The predicted molar refractivity (Wildman–Crippen MR) is 59.8 cm³/mol. The van der Waals surface area contributed by atoms with Gasteiger partial charge in [-0.2, -0.15) is 0 Å². The fraction of sp³-hybridized carbons (Fsp3) is 0.333. The highest BCUT2D eigenvalue weighted by Crippen LogP contribution is 2.33. The van der Waals surface area contributed by atoms with Gasteiger partial charge in [0.1, 0.15) is 5.82 Å². The highest BCUT2D eigenvalue weighted by molar-refractivity contribution is 6.52. The van der Waals surface area contributed by atoms with E-state index in [0.717, 1.165) is 17.0 Å². The van der Waals surface area contributed by atoms with Gasteiger partial charge < -0.3 is 4.90 Å². The predicted octanol–water partition coefficient (Wildman–Crippen LogP) is 2.20. The van der Waals surface area contributed by atoms with E-state index in [0.29, 0.717) is 5.56 Å². The fourth-order valence-corrected chi connectivity index (χ4v) is 2.07. The maximum absolute atomic E-state index is 13.2. The molecule has 0 aliphatic carbocycles. The first-order chi connectivity index (χ1) is 9.20. The summed E-state index contributed by atoms with van der Waals surface area (Å²) < 4.78 is 52.4. The lowest BCUT2D eigenvalue weighted by atomic mass is 10.1. The minimum Gasteiger partial charge on any atom is -0.302 e. The lowest BCUT2D eigenvalue weighted by Crippen LogP contribution is -2.34. The number of hydrogen-bond acceptors (Lipinski definition) is 3. The zero-order chi connectivity index (χ0) is 15.1. The number of carbonyl (C=O) groups is 2. The lowest BCUT2D eigenvalue weighted by Gasteiger charge is -2.18. The number of rotatable bonds is 3. The Morgan fingerprint density at radius 3 is 2.50 bits per heavy atom. The van der Waals surface area contributed by atoms with Crippen LogP contribution in [0.2, 0.25) is 0 Å². The van der Waals surface area contributed by atoms with E-state index >= 15 is 0 Å². The maximum atomic E-state index is 13.2. The second-order valence-electron chi connectivity index (χ2n) is 4.20. The lowest BCUT2D eigenvalue weighted by molar-refractivity contribution is -0.323. The van der Waals surface area contributed by atoms with Crippen molar-refractivity contribution in [3.8, 4) is 0 Å². The number of fused-ring (bicyclic) bond motifs is 1. The third-order valence-electron chi connectivity index (χ3n) is 2.80. The average molecular weight is 291 g/mol. The molecule has 108 valence electrons. The minimum atomic E-state index is -4.81. The van der Waals surface area contributed by atoms with Crippen molar-refractivity contribution in [2.24, 2.45) is 0 Å². The van der Waals surface area contributed by atoms with Crippen molar-refractivity contribution in [1.29, 1.82) is 0 Å². The molecule has 0 fully saturated rings. The molecule has 0 aromatic heterocycles. The second-order valence-corrected chi connectivity index (χ2v) is 4.20. The molecule has 1 aromatic carbocycles. The smallest absolute Gasteiger partial charge is 0.302 e. The summed E-state index contributed by atoms with van der Waals surface area (Å²) >= 11 is 0. The van der Waals surface area contributed by atoms with Crippen LogP contribution >= 0.6 is 0 Å². The van der Waals surface area contributed by atoms with Crippen LogP contribution in [0, 0.1) is 12.7 Å². The maximum Gasteiger partial charge on any atom is 0.522 e. The van der Waals surface area contributed by atoms with Crippen molar-refractivity contribution in [3.05, 3.63) is 29.1 Å². The summed E-state index contributed by atoms with van der Waals surface area (Å²) in [6, 6.07) is 2.00. The second kappa shape index (κ2) is 4.86. The number of hydrogen-bond donors (Lipinski definition) is 0. The molecule has 0 saturated heterocycles. The Kier molecular flexibility index (Phi) is 3.51. The highest BCUT2D eigenvalue weighted by Gasteiger charge is 2.38. The monoisotopic (exact) mass is 291 g/mol. The molecule has 20 heavy (non-hydrogen) atoms. The quantitative estimate of drug-likeness (QED) is 0.633. The van der Waals surface area contributed by atoms with Crippen LogP contribution in [0.15, 0.2) is 12.1 Å². The van der Waals surface area contributed by atoms with Gasteiger partial charge in [-0.1, -0.05) is 0 Å². The Morgan fingerprint density at radius 2 is 1.90 bits per heavy atom. The molecule has 0 spiro atoms. The van der Waals surface area contributed by atoms with E-state index in [-0.39, 0.29) is 11.3 Å². The van der Waals surface area contributed by atoms with Gasteiger partial charge in [0.2, 0.25) is 0 Å². The van der Waals surface area contributed by atoms with Crippen molar-refractivity contribution in [2.75, 3.05) is 18.1 Å². The summed E-state index contributed by atoms with van der Waals surface area (Å²) in [5.74, 6) is -2.61. The van der Waals surface area contributed by atoms with Crippen LogP contribution in [-0.4, -0.2) is 31.2 Å². The Labute approximate surface area is 110 Å². The minimum absolute atomic E-state index is 0.132. The largest absolute Gasteiger partial charge is 0.522 e. The Morgan fingerprint density at radius 1 is 1.25 bits per heavy atom. The van der Waals surface area contributed by atoms with Gasteiger partial charge in [-0.3, -0.25) is 14.3 Å². The zero-order valence-corrected chi connectivity index (χ0v) is 10.3.